The van der Waals surface area contributed by atoms with Gasteiger partial charge in [0.25, 0.3) is 0 Å². The summed E-state index contributed by atoms with van der Waals surface area (Å²) in [5.41, 5.74) is 7.76. The van der Waals surface area contributed by atoms with Crippen LogP contribution in [-0.4, -0.2) is 4.98 Å². The molecule has 0 unspecified atom stereocenters. The highest BCUT2D eigenvalue weighted by Crippen LogP contribution is 2.01. The monoisotopic (exact) mass is 122 g/mol. The Bertz CT molecular complexity index is 196. The lowest BCUT2D eigenvalue weighted by Crippen LogP contribution is -1.98. The minimum absolute atomic E-state index is 0.606. The summed E-state index contributed by atoms with van der Waals surface area (Å²) in [6.45, 7) is 2.61. The molecule has 1 rings (SSSR count). The molecule has 2 N–H and O–H groups in total. The summed E-state index contributed by atoms with van der Waals surface area (Å²) >= 11 is 0. The normalized spacial score (nSPS) is 9.56. The Morgan fingerprint density at radius 1 is 1.67 bits per heavy atom. The third-order valence-electron chi connectivity index (χ3n) is 1.36. The molecule has 0 amide bonds. The van der Waals surface area contributed by atoms with Crippen molar-refractivity contribution < 1.29 is 0 Å². The smallest absolute Gasteiger partial charge is 0.0300 e. The van der Waals surface area contributed by atoms with Gasteiger partial charge in [0, 0.05) is 18.9 Å². The molecule has 0 aliphatic heterocycles. The molecule has 0 aliphatic rings. The zero-order valence-corrected chi connectivity index (χ0v) is 5.46. The Labute approximate surface area is 54.7 Å². The highest BCUT2D eigenvalue weighted by atomic mass is 14.6. The molecule has 48 valence electrons. The molecule has 0 saturated heterocycles. The van der Waals surface area contributed by atoms with Crippen LogP contribution in [0.15, 0.2) is 18.5 Å². The number of pyridine rings is 1. The fourth-order valence-corrected chi connectivity index (χ4v) is 0.731. The van der Waals surface area contributed by atoms with E-state index in [-0.39, 0.29) is 0 Å². The van der Waals surface area contributed by atoms with Crippen LogP contribution in [0.25, 0.3) is 0 Å². The third-order valence-corrected chi connectivity index (χ3v) is 1.36. The van der Waals surface area contributed by atoms with E-state index in [1.54, 1.807) is 6.20 Å². The van der Waals surface area contributed by atoms with Crippen molar-refractivity contribution in [1.82, 2.24) is 4.98 Å². The SMILES string of the molecule is Cc1cnccc1CN. The number of aromatic nitrogens is 1. The minimum atomic E-state index is 0.606. The van der Waals surface area contributed by atoms with Gasteiger partial charge in [0.15, 0.2) is 0 Å². The molecule has 0 bridgehead atoms. The van der Waals surface area contributed by atoms with Crippen LogP contribution in [0.3, 0.4) is 0 Å². The Balaban J connectivity index is 3.01. The molecule has 1 aromatic heterocycles. The lowest BCUT2D eigenvalue weighted by Gasteiger charge is -1.97. The van der Waals surface area contributed by atoms with E-state index in [2.05, 4.69) is 4.98 Å². The second-order valence-electron chi connectivity index (χ2n) is 2.01. The second kappa shape index (κ2) is 2.60. The van der Waals surface area contributed by atoms with E-state index in [0.717, 1.165) is 0 Å². The van der Waals surface area contributed by atoms with E-state index >= 15 is 0 Å². The van der Waals surface area contributed by atoms with Crippen LogP contribution in [0.4, 0.5) is 0 Å². The van der Waals surface area contributed by atoms with Crippen LogP contribution >= 0.6 is 0 Å². The molecular weight excluding hydrogens is 112 g/mol. The van der Waals surface area contributed by atoms with Gasteiger partial charge in [-0.25, -0.2) is 0 Å². The van der Waals surface area contributed by atoms with Crippen molar-refractivity contribution >= 4 is 0 Å². The Kier molecular flexibility index (Phi) is 1.80. The highest BCUT2D eigenvalue weighted by molar-refractivity contribution is 5.20. The molecule has 2 heteroatoms. The van der Waals surface area contributed by atoms with Crippen LogP contribution in [-0.2, 0) is 6.54 Å². The first-order chi connectivity index (χ1) is 4.34. The molecule has 0 atom stereocenters. The molecule has 0 aromatic carbocycles. The number of nitrogens with two attached hydrogens (primary N) is 1. The zero-order valence-electron chi connectivity index (χ0n) is 5.46. The van der Waals surface area contributed by atoms with Crippen LogP contribution in [0.2, 0.25) is 0 Å². The molecular formula is C7H10N2. The largest absolute Gasteiger partial charge is 0.326 e. The van der Waals surface area contributed by atoms with Gasteiger partial charge in [0.05, 0.1) is 0 Å². The van der Waals surface area contributed by atoms with Gasteiger partial charge in [-0.1, -0.05) is 0 Å². The summed E-state index contributed by atoms with van der Waals surface area (Å²) in [6.07, 6.45) is 3.58. The maximum Gasteiger partial charge on any atom is 0.0300 e. The Hall–Kier alpha value is -0.890. The summed E-state index contributed by atoms with van der Waals surface area (Å²) in [7, 11) is 0. The average Bonchev–Trinajstić information content (AvgIpc) is 1.89. The summed E-state index contributed by atoms with van der Waals surface area (Å²) < 4.78 is 0. The van der Waals surface area contributed by atoms with Crippen molar-refractivity contribution in [1.29, 1.82) is 0 Å². The average molecular weight is 122 g/mol. The molecule has 0 fully saturated rings. The first kappa shape index (κ1) is 6.23. The standard InChI is InChI=1S/C7H10N2/c1-6-5-9-3-2-7(6)4-8/h2-3,5H,4,8H2,1H3. The second-order valence-corrected chi connectivity index (χ2v) is 2.01. The third kappa shape index (κ3) is 1.27. The topological polar surface area (TPSA) is 38.9 Å². The predicted molar refractivity (Wildman–Crippen MR) is 36.9 cm³/mol. The lowest BCUT2D eigenvalue weighted by molar-refractivity contribution is 1.03. The molecule has 0 saturated carbocycles. The molecule has 0 spiro atoms. The van der Waals surface area contributed by atoms with Gasteiger partial charge in [0.2, 0.25) is 0 Å². The fraction of sp³-hybridized carbons (Fsp3) is 0.286. The van der Waals surface area contributed by atoms with Gasteiger partial charge >= 0.3 is 0 Å². The summed E-state index contributed by atoms with van der Waals surface area (Å²) in [4.78, 5) is 3.94. The number of hydrogen-bond acceptors (Lipinski definition) is 2. The first-order valence-corrected chi connectivity index (χ1v) is 2.94. The highest BCUT2D eigenvalue weighted by Gasteiger charge is 1.90. The first-order valence-electron chi connectivity index (χ1n) is 2.94. The quantitative estimate of drug-likeness (QED) is 0.599. The molecule has 1 heterocycles. The lowest BCUT2D eigenvalue weighted by atomic mass is 10.2. The zero-order chi connectivity index (χ0) is 6.69. The number of aryl methyl sites for hydroxylation is 1. The Morgan fingerprint density at radius 2 is 2.44 bits per heavy atom. The van der Waals surface area contributed by atoms with Crippen LogP contribution < -0.4 is 5.73 Å². The molecule has 0 radical (unpaired) electrons. The van der Waals surface area contributed by atoms with Crippen molar-refractivity contribution in [3.63, 3.8) is 0 Å². The fourth-order valence-electron chi connectivity index (χ4n) is 0.731. The van der Waals surface area contributed by atoms with Gasteiger partial charge in [-0.3, -0.25) is 4.98 Å². The maximum absolute atomic E-state index is 5.42. The molecule has 0 aliphatic carbocycles. The number of nitrogens with zero attached hydrogens (tertiary/aromatic N) is 1. The van der Waals surface area contributed by atoms with Crippen molar-refractivity contribution in [3.05, 3.63) is 29.6 Å². The van der Waals surface area contributed by atoms with Crippen molar-refractivity contribution in [2.75, 3.05) is 0 Å². The van der Waals surface area contributed by atoms with E-state index in [1.165, 1.54) is 11.1 Å². The maximum atomic E-state index is 5.42. The van der Waals surface area contributed by atoms with Crippen molar-refractivity contribution in [2.45, 2.75) is 13.5 Å². The summed E-state index contributed by atoms with van der Waals surface area (Å²) in [5, 5.41) is 0. The van der Waals surface area contributed by atoms with Crippen LogP contribution in [0, 0.1) is 6.92 Å². The van der Waals surface area contributed by atoms with Gasteiger partial charge in [-0.15, -0.1) is 0 Å². The van der Waals surface area contributed by atoms with Gasteiger partial charge in [0.1, 0.15) is 0 Å². The van der Waals surface area contributed by atoms with E-state index in [4.69, 9.17) is 5.73 Å². The van der Waals surface area contributed by atoms with E-state index in [0.29, 0.717) is 6.54 Å². The van der Waals surface area contributed by atoms with Crippen LogP contribution in [0.5, 0.6) is 0 Å². The van der Waals surface area contributed by atoms with Crippen molar-refractivity contribution in [3.8, 4) is 0 Å². The van der Waals surface area contributed by atoms with Gasteiger partial charge < -0.3 is 5.73 Å². The van der Waals surface area contributed by atoms with Crippen molar-refractivity contribution in [2.24, 2.45) is 5.73 Å². The van der Waals surface area contributed by atoms with Crippen LogP contribution in [0.1, 0.15) is 11.1 Å². The molecule has 1 aromatic rings. The summed E-state index contributed by atoms with van der Waals surface area (Å²) in [6, 6.07) is 1.94. The predicted octanol–water partition coefficient (Wildman–Crippen LogP) is 0.849. The van der Waals surface area contributed by atoms with E-state index in [1.807, 2.05) is 19.2 Å². The van der Waals surface area contributed by atoms with E-state index < -0.39 is 0 Å². The summed E-state index contributed by atoms with van der Waals surface area (Å²) in [5.74, 6) is 0. The minimum Gasteiger partial charge on any atom is -0.326 e. The van der Waals surface area contributed by atoms with E-state index in [9.17, 15) is 0 Å². The number of hydrogen-bond donors (Lipinski definition) is 1. The molecule has 2 nitrogen and oxygen atoms in total. The number of rotatable bonds is 1. The van der Waals surface area contributed by atoms with Gasteiger partial charge in [-0.05, 0) is 24.1 Å². The molecule has 9 heavy (non-hydrogen) atoms. The Morgan fingerprint density at radius 3 is 2.89 bits per heavy atom. The van der Waals surface area contributed by atoms with Gasteiger partial charge in [-0.2, -0.15) is 0 Å².